The fraction of sp³-hybridized carbons (Fsp3) is 0.105. The maximum Gasteiger partial charge on any atom is 0.348 e. The lowest BCUT2D eigenvalue weighted by atomic mass is 10.2. The zero-order chi connectivity index (χ0) is 21.6. The average Bonchev–Trinajstić information content (AvgIpc) is 3.10. The lowest BCUT2D eigenvalue weighted by Gasteiger charge is -2.07. The van der Waals surface area contributed by atoms with Gasteiger partial charge in [0, 0.05) is 5.69 Å². The third kappa shape index (κ3) is 6.13. The molecule has 2 heterocycles. The van der Waals surface area contributed by atoms with Gasteiger partial charge in [0.15, 0.2) is 0 Å². The molecule has 0 spiro atoms. The van der Waals surface area contributed by atoms with Crippen LogP contribution in [-0.2, 0) is 10.0 Å². The molecular formula is C19H19N3O5S2. The van der Waals surface area contributed by atoms with Gasteiger partial charge in [0.25, 0.3) is 15.9 Å². The predicted molar refractivity (Wildman–Crippen MR) is 111 cm³/mol. The third-order valence-electron chi connectivity index (χ3n) is 3.51. The van der Waals surface area contributed by atoms with Crippen LogP contribution in [0.4, 0.5) is 5.69 Å². The Balaban J connectivity index is 0.000000234. The number of amides is 1. The molecule has 0 saturated carbocycles. The first-order valence-electron chi connectivity index (χ1n) is 8.24. The Hall–Kier alpha value is -3.24. The normalized spacial score (nSPS) is 10.6. The molecule has 0 aliphatic rings. The highest BCUT2D eigenvalue weighted by molar-refractivity contribution is 7.92. The molecule has 29 heavy (non-hydrogen) atoms. The summed E-state index contributed by atoms with van der Waals surface area (Å²) in [6.07, 6.45) is 0. The molecule has 0 fully saturated rings. The van der Waals surface area contributed by atoms with E-state index >= 15 is 0 Å². The molecule has 0 aliphatic carbocycles. The minimum Gasteiger partial charge on any atom is -0.477 e. The Labute approximate surface area is 172 Å². The number of anilines is 1. The predicted octanol–water partition coefficient (Wildman–Crippen LogP) is 3.04. The van der Waals surface area contributed by atoms with Crippen LogP contribution >= 0.6 is 11.3 Å². The van der Waals surface area contributed by atoms with Crippen molar-refractivity contribution in [3.8, 4) is 0 Å². The van der Waals surface area contributed by atoms with Crippen LogP contribution in [0.15, 0.2) is 58.8 Å². The number of primary amides is 1. The summed E-state index contributed by atoms with van der Waals surface area (Å²) in [7, 11) is -3.75. The quantitative estimate of drug-likeness (QED) is 0.565. The molecule has 0 aliphatic heterocycles. The number of hydrogen-bond acceptors (Lipinski definition) is 6. The van der Waals surface area contributed by atoms with Gasteiger partial charge in [-0.2, -0.15) is 0 Å². The first kappa shape index (κ1) is 22.1. The van der Waals surface area contributed by atoms with Crippen LogP contribution in [0.25, 0.3) is 0 Å². The van der Waals surface area contributed by atoms with Crippen LogP contribution in [0.2, 0.25) is 0 Å². The van der Waals surface area contributed by atoms with Gasteiger partial charge in [0.1, 0.15) is 10.6 Å². The van der Waals surface area contributed by atoms with Gasteiger partial charge in [0.05, 0.1) is 10.6 Å². The molecule has 0 unspecified atom stereocenters. The smallest absolute Gasteiger partial charge is 0.348 e. The number of nitrogens with zero attached hydrogens (tertiary/aromatic N) is 1. The van der Waals surface area contributed by atoms with E-state index in [1.807, 2.05) is 19.9 Å². The fourth-order valence-electron chi connectivity index (χ4n) is 2.33. The van der Waals surface area contributed by atoms with E-state index in [0.717, 1.165) is 22.6 Å². The standard InChI is InChI=1S/C11H9NO4S2.C8H10N2O/c13-11(14)10-9(6-7-17-10)12-18(15,16)8-4-2-1-3-5-8;1-5-3-6(2)10-7(4-5)8(9)11/h1-7,12H,(H,13,14);3-4H,1-2H3,(H2,9,11). The van der Waals surface area contributed by atoms with Gasteiger partial charge in [-0.3, -0.25) is 9.52 Å². The Kier molecular flexibility index (Phi) is 7.08. The van der Waals surface area contributed by atoms with Crippen LogP contribution in [0, 0.1) is 13.8 Å². The van der Waals surface area contributed by atoms with E-state index in [1.54, 1.807) is 24.3 Å². The molecule has 8 nitrogen and oxygen atoms in total. The molecule has 10 heteroatoms. The van der Waals surface area contributed by atoms with Crippen LogP contribution in [0.5, 0.6) is 0 Å². The fourth-order valence-corrected chi connectivity index (χ4v) is 4.17. The summed E-state index contributed by atoms with van der Waals surface area (Å²) in [6.45, 7) is 3.74. The summed E-state index contributed by atoms with van der Waals surface area (Å²) in [6, 6.07) is 12.8. The number of rotatable bonds is 5. The van der Waals surface area contributed by atoms with E-state index in [1.165, 1.54) is 23.6 Å². The number of carboxylic acid groups (broad SMARTS) is 1. The molecule has 3 rings (SSSR count). The number of benzene rings is 1. The largest absolute Gasteiger partial charge is 0.477 e. The first-order valence-corrected chi connectivity index (χ1v) is 10.6. The molecule has 0 atom stereocenters. The second-order valence-corrected chi connectivity index (χ2v) is 8.52. The van der Waals surface area contributed by atoms with Crippen LogP contribution in [0.1, 0.15) is 31.4 Å². The number of sulfonamides is 1. The number of carbonyl (C=O) groups is 2. The van der Waals surface area contributed by atoms with Gasteiger partial charge in [-0.25, -0.2) is 18.2 Å². The number of carbonyl (C=O) groups excluding carboxylic acids is 1. The summed E-state index contributed by atoms with van der Waals surface area (Å²) in [5.74, 6) is -1.63. The highest BCUT2D eigenvalue weighted by Gasteiger charge is 2.19. The molecule has 1 aromatic carbocycles. The monoisotopic (exact) mass is 433 g/mol. The van der Waals surface area contributed by atoms with Crippen molar-refractivity contribution in [2.45, 2.75) is 18.7 Å². The maximum absolute atomic E-state index is 12.0. The highest BCUT2D eigenvalue weighted by atomic mass is 32.2. The van der Waals surface area contributed by atoms with Crippen LogP contribution in [0.3, 0.4) is 0 Å². The highest BCUT2D eigenvalue weighted by Crippen LogP contribution is 2.25. The zero-order valence-electron chi connectivity index (χ0n) is 15.6. The van der Waals surface area contributed by atoms with Crippen molar-refractivity contribution in [2.24, 2.45) is 5.73 Å². The number of nitrogens with one attached hydrogen (secondary N) is 1. The summed E-state index contributed by atoms with van der Waals surface area (Å²) in [4.78, 5) is 25.6. The van der Waals surface area contributed by atoms with E-state index in [-0.39, 0.29) is 15.5 Å². The maximum atomic E-state index is 12.0. The molecule has 1 amide bonds. The number of hydrogen-bond donors (Lipinski definition) is 3. The molecule has 2 aromatic heterocycles. The Morgan fingerprint density at radius 1 is 1.10 bits per heavy atom. The van der Waals surface area contributed by atoms with E-state index < -0.39 is 21.9 Å². The van der Waals surface area contributed by atoms with Crippen molar-refractivity contribution < 1.29 is 23.1 Å². The Morgan fingerprint density at radius 3 is 2.31 bits per heavy atom. The van der Waals surface area contributed by atoms with E-state index in [9.17, 15) is 18.0 Å². The topological polar surface area (TPSA) is 139 Å². The molecule has 0 saturated heterocycles. The van der Waals surface area contributed by atoms with Crippen molar-refractivity contribution in [1.29, 1.82) is 0 Å². The van der Waals surface area contributed by atoms with Gasteiger partial charge in [-0.15, -0.1) is 11.3 Å². The summed E-state index contributed by atoms with van der Waals surface area (Å²) in [5.41, 5.74) is 7.29. The van der Waals surface area contributed by atoms with Gasteiger partial charge < -0.3 is 10.8 Å². The molecule has 152 valence electrons. The molecular weight excluding hydrogens is 414 g/mol. The lowest BCUT2D eigenvalue weighted by molar-refractivity contribution is 0.0703. The number of aryl methyl sites for hydroxylation is 2. The Morgan fingerprint density at radius 2 is 1.76 bits per heavy atom. The van der Waals surface area contributed by atoms with Crippen molar-refractivity contribution >= 4 is 38.9 Å². The third-order valence-corrected chi connectivity index (χ3v) is 5.79. The van der Waals surface area contributed by atoms with Gasteiger partial charge in [0.2, 0.25) is 0 Å². The van der Waals surface area contributed by atoms with Gasteiger partial charge in [-0.1, -0.05) is 18.2 Å². The number of carboxylic acids is 1. The molecule has 3 aromatic rings. The van der Waals surface area contributed by atoms with Gasteiger partial charge >= 0.3 is 5.97 Å². The van der Waals surface area contributed by atoms with E-state index in [0.29, 0.717) is 5.69 Å². The van der Waals surface area contributed by atoms with Crippen molar-refractivity contribution in [3.63, 3.8) is 0 Å². The molecule has 0 bridgehead atoms. The number of nitrogens with two attached hydrogens (primary N) is 1. The number of pyridine rings is 1. The number of aromatic carboxylic acids is 1. The van der Waals surface area contributed by atoms with Crippen molar-refractivity contribution in [2.75, 3.05) is 4.72 Å². The van der Waals surface area contributed by atoms with Crippen molar-refractivity contribution in [3.05, 3.63) is 75.7 Å². The Bertz CT molecular complexity index is 1110. The minimum absolute atomic E-state index is 0.0329. The van der Waals surface area contributed by atoms with Crippen LogP contribution < -0.4 is 10.5 Å². The van der Waals surface area contributed by atoms with E-state index in [2.05, 4.69) is 9.71 Å². The number of thiophene rings is 1. The SMILES string of the molecule is Cc1cc(C)nc(C(N)=O)c1.O=C(O)c1sccc1NS(=O)(=O)c1ccccc1. The molecule has 4 N–H and O–H groups in total. The summed E-state index contributed by atoms with van der Waals surface area (Å²) < 4.78 is 26.2. The second kappa shape index (κ2) is 9.30. The van der Waals surface area contributed by atoms with Gasteiger partial charge in [-0.05, 0) is 55.1 Å². The van der Waals surface area contributed by atoms with E-state index in [4.69, 9.17) is 10.8 Å². The molecule has 0 radical (unpaired) electrons. The minimum atomic E-state index is -3.75. The van der Waals surface area contributed by atoms with Crippen molar-refractivity contribution in [1.82, 2.24) is 4.98 Å². The lowest BCUT2D eigenvalue weighted by Crippen LogP contribution is -2.14. The average molecular weight is 434 g/mol. The summed E-state index contributed by atoms with van der Waals surface area (Å²) >= 11 is 0.967. The summed E-state index contributed by atoms with van der Waals surface area (Å²) in [5, 5.41) is 10.4. The zero-order valence-corrected chi connectivity index (χ0v) is 17.3. The number of aromatic nitrogens is 1. The first-order chi connectivity index (χ1) is 13.6. The second-order valence-electron chi connectivity index (χ2n) is 5.92. The van der Waals surface area contributed by atoms with Crippen LogP contribution in [-0.4, -0.2) is 30.4 Å².